The van der Waals surface area contributed by atoms with E-state index < -0.39 is 0 Å². The van der Waals surface area contributed by atoms with Crippen molar-refractivity contribution < 1.29 is 4.42 Å². The van der Waals surface area contributed by atoms with Gasteiger partial charge in [-0.05, 0) is 28.1 Å². The van der Waals surface area contributed by atoms with Gasteiger partial charge in [-0.3, -0.25) is 0 Å². The van der Waals surface area contributed by atoms with Crippen LogP contribution >= 0.6 is 15.9 Å². The van der Waals surface area contributed by atoms with Gasteiger partial charge in [0.25, 0.3) is 0 Å². The van der Waals surface area contributed by atoms with Crippen molar-refractivity contribution in [2.75, 3.05) is 0 Å². The molecule has 0 fully saturated rings. The number of furan rings is 1. The number of H-pyrrole nitrogens is 1. The Morgan fingerprint density at radius 2 is 2.43 bits per heavy atom. The SMILES string of the molecule is NC(Cc1ccc(Br)o1)c1ncc[nH]1. The Labute approximate surface area is 89.6 Å². The zero-order chi connectivity index (χ0) is 9.97. The molecule has 0 aliphatic carbocycles. The molecule has 1 unspecified atom stereocenters. The Bertz CT molecular complexity index is 396. The molecule has 2 rings (SSSR count). The van der Waals surface area contributed by atoms with Crippen LogP contribution in [0.4, 0.5) is 0 Å². The highest BCUT2D eigenvalue weighted by atomic mass is 79.9. The molecule has 0 radical (unpaired) electrons. The molecule has 5 heteroatoms. The van der Waals surface area contributed by atoms with E-state index in [4.69, 9.17) is 10.2 Å². The third kappa shape index (κ3) is 2.05. The average molecular weight is 256 g/mol. The molecule has 0 saturated heterocycles. The molecule has 0 aliphatic heterocycles. The van der Waals surface area contributed by atoms with Crippen LogP contribution in [0.15, 0.2) is 33.6 Å². The van der Waals surface area contributed by atoms with Gasteiger partial charge in [-0.25, -0.2) is 4.98 Å². The lowest BCUT2D eigenvalue weighted by molar-refractivity contribution is 0.466. The van der Waals surface area contributed by atoms with Crippen LogP contribution in [-0.2, 0) is 6.42 Å². The number of hydrogen-bond donors (Lipinski definition) is 2. The highest BCUT2D eigenvalue weighted by Crippen LogP contribution is 2.18. The standard InChI is InChI=1S/C9H10BrN3O/c10-8-2-1-6(14-8)5-7(11)9-12-3-4-13-9/h1-4,7H,5,11H2,(H,12,13). The van der Waals surface area contributed by atoms with Crippen molar-refractivity contribution in [3.05, 3.63) is 40.8 Å². The molecule has 0 bridgehead atoms. The normalized spacial score (nSPS) is 13.0. The number of nitrogens with one attached hydrogen (secondary N) is 1. The van der Waals surface area contributed by atoms with Crippen molar-refractivity contribution in [2.24, 2.45) is 5.73 Å². The van der Waals surface area contributed by atoms with Gasteiger partial charge >= 0.3 is 0 Å². The van der Waals surface area contributed by atoms with E-state index in [0.717, 1.165) is 16.3 Å². The molecule has 0 aliphatic rings. The minimum atomic E-state index is -0.150. The van der Waals surface area contributed by atoms with E-state index in [2.05, 4.69) is 25.9 Å². The summed E-state index contributed by atoms with van der Waals surface area (Å²) < 4.78 is 6.07. The molecule has 3 N–H and O–H groups in total. The van der Waals surface area contributed by atoms with Gasteiger partial charge in [0.2, 0.25) is 0 Å². The van der Waals surface area contributed by atoms with E-state index in [1.807, 2.05) is 12.1 Å². The number of halogens is 1. The van der Waals surface area contributed by atoms with Gasteiger partial charge in [0, 0.05) is 18.8 Å². The summed E-state index contributed by atoms with van der Waals surface area (Å²) in [4.78, 5) is 7.06. The molecule has 0 spiro atoms. The second kappa shape index (κ2) is 3.98. The molecular formula is C9H10BrN3O. The number of imidazole rings is 1. The lowest BCUT2D eigenvalue weighted by Crippen LogP contribution is -2.14. The summed E-state index contributed by atoms with van der Waals surface area (Å²) in [6, 6.07) is 3.60. The lowest BCUT2D eigenvalue weighted by atomic mass is 10.2. The Morgan fingerprint density at radius 3 is 3.00 bits per heavy atom. The molecule has 1 atom stereocenters. The quantitative estimate of drug-likeness (QED) is 0.882. The van der Waals surface area contributed by atoms with E-state index in [9.17, 15) is 0 Å². The fourth-order valence-electron chi connectivity index (χ4n) is 1.26. The smallest absolute Gasteiger partial charge is 0.169 e. The summed E-state index contributed by atoms with van der Waals surface area (Å²) in [5.41, 5.74) is 5.91. The Morgan fingerprint density at radius 1 is 1.57 bits per heavy atom. The first-order chi connectivity index (χ1) is 6.75. The highest BCUT2D eigenvalue weighted by Gasteiger charge is 2.11. The van der Waals surface area contributed by atoms with Crippen molar-refractivity contribution in [1.29, 1.82) is 0 Å². The average Bonchev–Trinajstić information content (AvgIpc) is 2.75. The third-order valence-electron chi connectivity index (χ3n) is 1.92. The summed E-state index contributed by atoms with van der Waals surface area (Å²) in [6.45, 7) is 0. The van der Waals surface area contributed by atoms with Crippen LogP contribution in [-0.4, -0.2) is 9.97 Å². The molecule has 0 aromatic carbocycles. The van der Waals surface area contributed by atoms with Gasteiger partial charge in [-0.15, -0.1) is 0 Å². The first-order valence-corrected chi connectivity index (χ1v) is 5.04. The molecule has 4 nitrogen and oxygen atoms in total. The molecule has 0 saturated carbocycles. The number of aromatic amines is 1. The van der Waals surface area contributed by atoms with Gasteiger partial charge < -0.3 is 15.1 Å². The van der Waals surface area contributed by atoms with Crippen LogP contribution in [0.25, 0.3) is 0 Å². The molecule has 74 valence electrons. The van der Waals surface area contributed by atoms with Crippen LogP contribution in [0.2, 0.25) is 0 Å². The monoisotopic (exact) mass is 255 g/mol. The third-order valence-corrected chi connectivity index (χ3v) is 2.35. The first-order valence-electron chi connectivity index (χ1n) is 4.25. The maximum atomic E-state index is 5.91. The molecule has 14 heavy (non-hydrogen) atoms. The van der Waals surface area contributed by atoms with Crippen molar-refractivity contribution in [3.8, 4) is 0 Å². The van der Waals surface area contributed by atoms with Gasteiger partial charge in [-0.1, -0.05) is 0 Å². The van der Waals surface area contributed by atoms with Gasteiger partial charge in [0.15, 0.2) is 4.67 Å². The van der Waals surface area contributed by atoms with E-state index >= 15 is 0 Å². The van der Waals surface area contributed by atoms with Gasteiger partial charge in [0.1, 0.15) is 11.6 Å². The number of hydrogen-bond acceptors (Lipinski definition) is 3. The summed E-state index contributed by atoms with van der Waals surface area (Å²) in [5, 5.41) is 0. The first kappa shape index (κ1) is 9.48. The van der Waals surface area contributed by atoms with E-state index in [1.54, 1.807) is 12.4 Å². The van der Waals surface area contributed by atoms with E-state index in [0.29, 0.717) is 6.42 Å². The predicted molar refractivity (Wildman–Crippen MR) is 55.6 cm³/mol. The van der Waals surface area contributed by atoms with Gasteiger partial charge in [-0.2, -0.15) is 0 Å². The fourth-order valence-corrected chi connectivity index (χ4v) is 1.60. The maximum Gasteiger partial charge on any atom is 0.169 e. The topological polar surface area (TPSA) is 67.8 Å². The van der Waals surface area contributed by atoms with Crippen LogP contribution in [0.1, 0.15) is 17.6 Å². The minimum absolute atomic E-state index is 0.150. The lowest BCUT2D eigenvalue weighted by Gasteiger charge is -2.05. The van der Waals surface area contributed by atoms with Crippen LogP contribution in [0, 0.1) is 0 Å². The second-order valence-corrected chi connectivity index (χ2v) is 3.77. The van der Waals surface area contributed by atoms with Crippen LogP contribution in [0.5, 0.6) is 0 Å². The Balaban J connectivity index is 2.05. The van der Waals surface area contributed by atoms with Crippen molar-refractivity contribution in [1.82, 2.24) is 9.97 Å². The zero-order valence-electron chi connectivity index (χ0n) is 7.40. The second-order valence-electron chi connectivity index (χ2n) is 2.99. The minimum Gasteiger partial charge on any atom is -0.454 e. The Kier molecular flexibility index (Phi) is 2.69. The Hall–Kier alpha value is -1.07. The molecule has 2 heterocycles. The number of nitrogens with zero attached hydrogens (tertiary/aromatic N) is 1. The molecule has 2 aromatic rings. The summed E-state index contributed by atoms with van der Waals surface area (Å²) in [6.07, 6.45) is 4.08. The fraction of sp³-hybridized carbons (Fsp3) is 0.222. The van der Waals surface area contributed by atoms with E-state index in [-0.39, 0.29) is 6.04 Å². The van der Waals surface area contributed by atoms with Gasteiger partial charge in [0.05, 0.1) is 6.04 Å². The van der Waals surface area contributed by atoms with Crippen LogP contribution < -0.4 is 5.73 Å². The zero-order valence-corrected chi connectivity index (χ0v) is 8.99. The molecular weight excluding hydrogens is 246 g/mol. The number of aromatic nitrogens is 2. The summed E-state index contributed by atoms with van der Waals surface area (Å²) in [5.74, 6) is 1.62. The highest BCUT2D eigenvalue weighted by molar-refractivity contribution is 9.10. The molecule has 2 aromatic heterocycles. The maximum absolute atomic E-state index is 5.91. The molecule has 0 amide bonds. The van der Waals surface area contributed by atoms with E-state index in [1.165, 1.54) is 0 Å². The summed E-state index contributed by atoms with van der Waals surface area (Å²) >= 11 is 3.24. The van der Waals surface area contributed by atoms with Crippen molar-refractivity contribution >= 4 is 15.9 Å². The van der Waals surface area contributed by atoms with Crippen LogP contribution in [0.3, 0.4) is 0 Å². The predicted octanol–water partition coefficient (Wildman–Crippen LogP) is 2.01. The summed E-state index contributed by atoms with van der Waals surface area (Å²) in [7, 11) is 0. The van der Waals surface area contributed by atoms with Crippen molar-refractivity contribution in [3.63, 3.8) is 0 Å². The number of nitrogens with two attached hydrogens (primary N) is 1. The number of rotatable bonds is 3. The van der Waals surface area contributed by atoms with Crippen molar-refractivity contribution in [2.45, 2.75) is 12.5 Å². The largest absolute Gasteiger partial charge is 0.454 e.